The van der Waals surface area contributed by atoms with E-state index in [0.29, 0.717) is 0 Å². The Morgan fingerprint density at radius 1 is 1.20 bits per heavy atom. The monoisotopic (exact) mass is 199 g/mol. The molecule has 2 rings (SSSR count). The lowest BCUT2D eigenvalue weighted by Crippen LogP contribution is -1.95. The second kappa shape index (κ2) is 4.35. The molecule has 0 unspecified atom stereocenters. The smallest absolute Gasteiger partial charge is 0.0317 e. The minimum absolute atomic E-state index is 0.868. The average Bonchev–Trinajstić information content (AvgIpc) is 2.30. The number of hydrogen-bond acceptors (Lipinski definition) is 1. The van der Waals surface area contributed by atoms with Crippen LogP contribution in [-0.4, -0.2) is 0 Å². The quantitative estimate of drug-likeness (QED) is 0.638. The molecule has 1 nitrogen and oxygen atoms in total. The maximum absolute atomic E-state index is 5.81. The predicted molar refractivity (Wildman–Crippen MR) is 65.8 cm³/mol. The first-order chi connectivity index (χ1) is 7.25. The van der Waals surface area contributed by atoms with E-state index >= 15 is 0 Å². The lowest BCUT2D eigenvalue weighted by atomic mass is 10.00. The molecule has 15 heavy (non-hydrogen) atoms. The van der Waals surface area contributed by atoms with E-state index in [1.807, 2.05) is 6.07 Å². The molecule has 1 aliphatic carbocycles. The number of aryl methyl sites for hydroxylation is 1. The van der Waals surface area contributed by atoms with Gasteiger partial charge < -0.3 is 5.73 Å². The standard InChI is InChI=1S/C14H17N/c1-11-4-2-3-5-12-8-9-14(15)10-13(12)7-6-11/h2,4,6,8-10H,3,5,7,15H2,1H3. The van der Waals surface area contributed by atoms with Crippen molar-refractivity contribution in [2.45, 2.75) is 26.2 Å². The van der Waals surface area contributed by atoms with E-state index in [1.54, 1.807) is 0 Å². The molecule has 0 radical (unpaired) electrons. The second-order valence-electron chi connectivity index (χ2n) is 4.12. The van der Waals surface area contributed by atoms with Gasteiger partial charge in [-0.15, -0.1) is 0 Å². The lowest BCUT2D eigenvalue weighted by molar-refractivity contribution is 0.980. The first-order valence-corrected chi connectivity index (χ1v) is 5.46. The number of fused-ring (bicyclic) bond motifs is 1. The van der Waals surface area contributed by atoms with Crippen LogP contribution < -0.4 is 5.73 Å². The average molecular weight is 199 g/mol. The van der Waals surface area contributed by atoms with Crippen molar-refractivity contribution < 1.29 is 0 Å². The van der Waals surface area contributed by atoms with Gasteiger partial charge in [0.1, 0.15) is 0 Å². The summed E-state index contributed by atoms with van der Waals surface area (Å²) < 4.78 is 0. The van der Waals surface area contributed by atoms with Crippen LogP contribution in [-0.2, 0) is 12.8 Å². The summed E-state index contributed by atoms with van der Waals surface area (Å²) in [6.45, 7) is 2.15. The zero-order chi connectivity index (χ0) is 10.7. The Hall–Kier alpha value is -1.50. The van der Waals surface area contributed by atoms with Crippen LogP contribution in [0.25, 0.3) is 0 Å². The normalized spacial score (nSPS) is 15.9. The third-order valence-corrected chi connectivity index (χ3v) is 2.84. The first-order valence-electron chi connectivity index (χ1n) is 5.46. The fraction of sp³-hybridized carbons (Fsp3) is 0.286. The molecule has 0 fully saturated rings. The molecule has 78 valence electrons. The van der Waals surface area contributed by atoms with Crippen molar-refractivity contribution in [3.63, 3.8) is 0 Å². The van der Waals surface area contributed by atoms with E-state index in [9.17, 15) is 0 Å². The van der Waals surface area contributed by atoms with Gasteiger partial charge in [0, 0.05) is 5.69 Å². The summed E-state index contributed by atoms with van der Waals surface area (Å²) in [5, 5.41) is 0. The molecular formula is C14H17N. The zero-order valence-corrected chi connectivity index (χ0v) is 9.16. The van der Waals surface area contributed by atoms with Crippen LogP contribution >= 0.6 is 0 Å². The molecule has 1 aliphatic rings. The molecule has 0 heterocycles. The molecule has 0 bridgehead atoms. The predicted octanol–water partition coefficient (Wildman–Crippen LogP) is 3.26. The number of hydrogen-bond donors (Lipinski definition) is 1. The molecule has 0 saturated heterocycles. The van der Waals surface area contributed by atoms with Crippen LogP contribution in [0.2, 0.25) is 0 Å². The summed E-state index contributed by atoms with van der Waals surface area (Å²) in [4.78, 5) is 0. The van der Waals surface area contributed by atoms with Crippen LogP contribution in [0.5, 0.6) is 0 Å². The Labute approximate surface area is 91.3 Å². The molecule has 0 amide bonds. The van der Waals surface area contributed by atoms with E-state index in [0.717, 1.165) is 24.9 Å². The molecule has 1 heteroatoms. The lowest BCUT2D eigenvalue weighted by Gasteiger charge is -2.07. The Morgan fingerprint density at radius 3 is 2.93 bits per heavy atom. The second-order valence-corrected chi connectivity index (χ2v) is 4.12. The number of nitrogen functional groups attached to an aromatic ring is 1. The van der Waals surface area contributed by atoms with Gasteiger partial charge in [-0.1, -0.05) is 29.9 Å². The molecule has 1 aromatic carbocycles. The third kappa shape index (κ3) is 2.50. The highest BCUT2D eigenvalue weighted by Gasteiger charge is 2.02. The van der Waals surface area contributed by atoms with E-state index < -0.39 is 0 Å². The van der Waals surface area contributed by atoms with Gasteiger partial charge in [-0.2, -0.15) is 0 Å². The van der Waals surface area contributed by atoms with Gasteiger partial charge in [0.2, 0.25) is 0 Å². The van der Waals surface area contributed by atoms with Gasteiger partial charge in [-0.3, -0.25) is 0 Å². The highest BCUT2D eigenvalue weighted by atomic mass is 14.5. The van der Waals surface area contributed by atoms with Gasteiger partial charge >= 0.3 is 0 Å². The Balaban J connectivity index is 2.37. The van der Waals surface area contributed by atoms with Crippen LogP contribution in [0.4, 0.5) is 5.69 Å². The van der Waals surface area contributed by atoms with Gasteiger partial charge in [0.05, 0.1) is 0 Å². The fourth-order valence-corrected chi connectivity index (χ4v) is 1.93. The molecule has 0 aromatic heterocycles. The van der Waals surface area contributed by atoms with Gasteiger partial charge in [-0.25, -0.2) is 0 Å². The zero-order valence-electron chi connectivity index (χ0n) is 9.16. The van der Waals surface area contributed by atoms with Crippen molar-refractivity contribution in [3.8, 4) is 0 Å². The van der Waals surface area contributed by atoms with Crippen LogP contribution in [0.1, 0.15) is 24.5 Å². The summed E-state index contributed by atoms with van der Waals surface area (Å²) >= 11 is 0. The van der Waals surface area contributed by atoms with E-state index in [4.69, 9.17) is 5.73 Å². The minimum atomic E-state index is 0.868. The maximum Gasteiger partial charge on any atom is 0.0317 e. The van der Waals surface area contributed by atoms with E-state index in [1.165, 1.54) is 16.7 Å². The van der Waals surface area contributed by atoms with Crippen molar-refractivity contribution >= 4 is 5.69 Å². The molecule has 0 atom stereocenters. The number of rotatable bonds is 0. The Bertz CT molecular complexity index is 413. The SMILES string of the molecule is CC1=CCc2cc(N)ccc2CCC=C1. The summed E-state index contributed by atoms with van der Waals surface area (Å²) in [7, 11) is 0. The fourth-order valence-electron chi connectivity index (χ4n) is 1.93. The largest absolute Gasteiger partial charge is 0.399 e. The van der Waals surface area contributed by atoms with Crippen LogP contribution in [0, 0.1) is 0 Å². The van der Waals surface area contributed by atoms with Gasteiger partial charge in [0.15, 0.2) is 0 Å². The summed E-state index contributed by atoms with van der Waals surface area (Å²) in [6, 6.07) is 6.26. The molecule has 0 aliphatic heterocycles. The third-order valence-electron chi connectivity index (χ3n) is 2.84. The van der Waals surface area contributed by atoms with Crippen LogP contribution in [0.15, 0.2) is 42.0 Å². The highest BCUT2D eigenvalue weighted by molar-refractivity contribution is 5.46. The molecule has 0 saturated carbocycles. The Morgan fingerprint density at radius 2 is 2.07 bits per heavy atom. The van der Waals surface area contributed by atoms with E-state index in [-0.39, 0.29) is 0 Å². The molecular weight excluding hydrogens is 182 g/mol. The minimum Gasteiger partial charge on any atom is -0.399 e. The summed E-state index contributed by atoms with van der Waals surface area (Å²) in [5.41, 5.74) is 10.8. The molecule has 2 N–H and O–H groups in total. The Kier molecular flexibility index (Phi) is 2.91. The van der Waals surface area contributed by atoms with Crippen molar-refractivity contribution in [1.82, 2.24) is 0 Å². The number of nitrogens with two attached hydrogens (primary N) is 1. The first kappa shape index (κ1) is 10.0. The van der Waals surface area contributed by atoms with Crippen molar-refractivity contribution in [1.29, 1.82) is 0 Å². The molecule has 1 aromatic rings. The van der Waals surface area contributed by atoms with Crippen molar-refractivity contribution in [2.75, 3.05) is 5.73 Å². The highest BCUT2D eigenvalue weighted by Crippen LogP contribution is 2.18. The maximum atomic E-state index is 5.81. The van der Waals surface area contributed by atoms with Crippen molar-refractivity contribution in [2.24, 2.45) is 0 Å². The number of anilines is 1. The molecule has 0 spiro atoms. The number of allylic oxidation sites excluding steroid dienone is 4. The summed E-state index contributed by atoms with van der Waals surface area (Å²) in [5.74, 6) is 0. The van der Waals surface area contributed by atoms with Gasteiger partial charge in [-0.05, 0) is 49.4 Å². The van der Waals surface area contributed by atoms with Crippen molar-refractivity contribution in [3.05, 3.63) is 53.1 Å². The van der Waals surface area contributed by atoms with E-state index in [2.05, 4.69) is 37.3 Å². The number of benzene rings is 1. The van der Waals surface area contributed by atoms with Gasteiger partial charge in [0.25, 0.3) is 0 Å². The summed E-state index contributed by atoms with van der Waals surface area (Å²) in [6.07, 6.45) is 9.94. The van der Waals surface area contributed by atoms with Crippen LogP contribution in [0.3, 0.4) is 0 Å². The topological polar surface area (TPSA) is 26.0 Å².